The number of halogens is 1. The fourth-order valence-electron chi connectivity index (χ4n) is 1.33. The molecule has 0 atom stereocenters. The fourth-order valence-corrected chi connectivity index (χ4v) is 1.80. The highest BCUT2D eigenvalue weighted by atomic mass is 79.9. The molecule has 0 aliphatic heterocycles. The SMILES string of the molecule is O=C(O)c1ccnc2c(Br)cccc12. The highest BCUT2D eigenvalue weighted by molar-refractivity contribution is 9.10. The summed E-state index contributed by atoms with van der Waals surface area (Å²) >= 11 is 3.32. The number of para-hydroxylation sites is 1. The number of benzene rings is 1. The largest absolute Gasteiger partial charge is 0.478 e. The second-order valence-electron chi connectivity index (χ2n) is 2.80. The quantitative estimate of drug-likeness (QED) is 0.848. The van der Waals surface area contributed by atoms with Crippen LogP contribution < -0.4 is 0 Å². The lowest BCUT2D eigenvalue weighted by Gasteiger charge is -2.02. The minimum Gasteiger partial charge on any atom is -0.478 e. The summed E-state index contributed by atoms with van der Waals surface area (Å²) in [5.74, 6) is -0.935. The highest BCUT2D eigenvalue weighted by Gasteiger charge is 2.09. The standard InChI is InChI=1S/C10H6BrNO2/c11-8-3-1-2-6-7(10(13)14)4-5-12-9(6)8/h1-5H,(H,13,14). The number of hydrogen-bond donors (Lipinski definition) is 1. The summed E-state index contributed by atoms with van der Waals surface area (Å²) in [4.78, 5) is 15.0. The smallest absolute Gasteiger partial charge is 0.336 e. The van der Waals surface area contributed by atoms with Crippen LogP contribution in [-0.4, -0.2) is 16.1 Å². The number of nitrogens with zero attached hydrogens (tertiary/aromatic N) is 1. The topological polar surface area (TPSA) is 50.2 Å². The Morgan fingerprint density at radius 1 is 1.36 bits per heavy atom. The summed E-state index contributed by atoms with van der Waals surface area (Å²) in [5.41, 5.74) is 0.948. The van der Waals surface area contributed by atoms with Crippen LogP contribution in [0.3, 0.4) is 0 Å². The van der Waals surface area contributed by atoms with Gasteiger partial charge < -0.3 is 5.11 Å². The number of carboxylic acid groups (broad SMARTS) is 1. The van der Waals surface area contributed by atoms with Gasteiger partial charge in [-0.3, -0.25) is 4.98 Å². The normalized spacial score (nSPS) is 10.4. The van der Waals surface area contributed by atoms with E-state index in [1.807, 2.05) is 6.07 Å². The van der Waals surface area contributed by atoms with Gasteiger partial charge in [0.15, 0.2) is 0 Å². The summed E-state index contributed by atoms with van der Waals surface area (Å²) in [5, 5.41) is 9.58. The van der Waals surface area contributed by atoms with E-state index in [4.69, 9.17) is 5.11 Å². The molecule has 0 radical (unpaired) electrons. The van der Waals surface area contributed by atoms with Crippen molar-refractivity contribution in [3.05, 3.63) is 40.5 Å². The lowest BCUT2D eigenvalue weighted by Crippen LogP contribution is -1.98. The Balaban J connectivity index is 2.88. The molecule has 3 nitrogen and oxygen atoms in total. The molecule has 14 heavy (non-hydrogen) atoms. The molecule has 0 aliphatic carbocycles. The maximum atomic E-state index is 10.9. The zero-order valence-electron chi connectivity index (χ0n) is 7.07. The maximum Gasteiger partial charge on any atom is 0.336 e. The van der Waals surface area contributed by atoms with Gasteiger partial charge in [-0.2, -0.15) is 0 Å². The number of carboxylic acids is 1. The molecule has 2 rings (SSSR count). The van der Waals surface area contributed by atoms with Crippen LogP contribution in [0, 0.1) is 0 Å². The fraction of sp³-hybridized carbons (Fsp3) is 0. The molecule has 1 aromatic heterocycles. The van der Waals surface area contributed by atoms with E-state index in [1.165, 1.54) is 12.3 Å². The predicted molar refractivity (Wildman–Crippen MR) is 56.4 cm³/mol. The Morgan fingerprint density at radius 2 is 2.14 bits per heavy atom. The van der Waals surface area contributed by atoms with Gasteiger partial charge in [0.1, 0.15) is 0 Å². The molecule has 0 unspecified atom stereocenters. The molecule has 4 heteroatoms. The Bertz CT molecular complexity index is 510. The molecule has 1 aromatic carbocycles. The number of aromatic nitrogens is 1. The highest BCUT2D eigenvalue weighted by Crippen LogP contribution is 2.23. The van der Waals surface area contributed by atoms with Crippen molar-refractivity contribution in [2.24, 2.45) is 0 Å². The first kappa shape index (κ1) is 9.15. The van der Waals surface area contributed by atoms with Crippen molar-refractivity contribution >= 4 is 32.8 Å². The Morgan fingerprint density at radius 3 is 2.86 bits per heavy atom. The molecule has 0 spiro atoms. The zero-order valence-corrected chi connectivity index (χ0v) is 8.65. The van der Waals surface area contributed by atoms with Gasteiger partial charge in [-0.1, -0.05) is 12.1 Å². The van der Waals surface area contributed by atoms with Crippen molar-refractivity contribution in [3.8, 4) is 0 Å². The van der Waals surface area contributed by atoms with Gasteiger partial charge in [0.2, 0.25) is 0 Å². The molecule has 0 saturated heterocycles. The van der Waals surface area contributed by atoms with E-state index >= 15 is 0 Å². The van der Waals surface area contributed by atoms with Crippen molar-refractivity contribution in [1.82, 2.24) is 4.98 Å². The van der Waals surface area contributed by atoms with Gasteiger partial charge in [-0.15, -0.1) is 0 Å². The van der Waals surface area contributed by atoms with Crippen LogP contribution in [0.5, 0.6) is 0 Å². The molecular weight excluding hydrogens is 246 g/mol. The van der Waals surface area contributed by atoms with Crippen molar-refractivity contribution in [3.63, 3.8) is 0 Å². The first-order valence-corrected chi connectivity index (χ1v) is 4.76. The van der Waals surface area contributed by atoms with E-state index in [2.05, 4.69) is 20.9 Å². The molecule has 2 aromatic rings. The van der Waals surface area contributed by atoms with E-state index < -0.39 is 5.97 Å². The third-order valence-electron chi connectivity index (χ3n) is 1.95. The molecule has 0 amide bonds. The molecule has 0 fully saturated rings. The molecule has 0 saturated carbocycles. The van der Waals surface area contributed by atoms with Crippen LogP contribution in [0.1, 0.15) is 10.4 Å². The van der Waals surface area contributed by atoms with Crippen molar-refractivity contribution in [2.75, 3.05) is 0 Å². The minimum atomic E-state index is -0.935. The molecule has 0 aliphatic rings. The average Bonchev–Trinajstić information content (AvgIpc) is 2.17. The predicted octanol–water partition coefficient (Wildman–Crippen LogP) is 2.70. The van der Waals surface area contributed by atoms with E-state index in [0.29, 0.717) is 10.9 Å². The third-order valence-corrected chi connectivity index (χ3v) is 2.59. The van der Waals surface area contributed by atoms with Crippen molar-refractivity contribution in [2.45, 2.75) is 0 Å². The van der Waals surface area contributed by atoms with E-state index in [9.17, 15) is 4.79 Å². The Hall–Kier alpha value is -1.42. The average molecular weight is 252 g/mol. The number of fused-ring (bicyclic) bond motifs is 1. The lowest BCUT2D eigenvalue weighted by molar-refractivity contribution is 0.0699. The van der Waals surface area contributed by atoms with Crippen molar-refractivity contribution in [1.29, 1.82) is 0 Å². The number of carbonyl (C=O) groups is 1. The van der Waals surface area contributed by atoms with E-state index in [-0.39, 0.29) is 5.56 Å². The minimum absolute atomic E-state index is 0.274. The van der Waals surface area contributed by atoms with Gasteiger partial charge in [-0.25, -0.2) is 4.79 Å². The lowest BCUT2D eigenvalue weighted by atomic mass is 10.1. The number of hydrogen-bond acceptors (Lipinski definition) is 2. The Kier molecular flexibility index (Phi) is 2.21. The molecular formula is C10H6BrNO2. The first-order valence-electron chi connectivity index (χ1n) is 3.96. The summed E-state index contributed by atoms with van der Waals surface area (Å²) in [6.07, 6.45) is 1.50. The van der Waals surface area contributed by atoms with Gasteiger partial charge in [0.25, 0.3) is 0 Å². The van der Waals surface area contributed by atoms with Crippen LogP contribution in [-0.2, 0) is 0 Å². The summed E-state index contributed by atoms with van der Waals surface area (Å²) in [7, 11) is 0. The summed E-state index contributed by atoms with van der Waals surface area (Å²) in [6.45, 7) is 0. The van der Waals surface area contributed by atoms with Crippen LogP contribution in [0.2, 0.25) is 0 Å². The number of rotatable bonds is 1. The van der Waals surface area contributed by atoms with Crippen LogP contribution in [0.4, 0.5) is 0 Å². The molecule has 70 valence electrons. The van der Waals surface area contributed by atoms with E-state index in [1.54, 1.807) is 12.1 Å². The first-order chi connectivity index (χ1) is 6.70. The monoisotopic (exact) mass is 251 g/mol. The Labute approximate surface area is 88.5 Å². The van der Waals surface area contributed by atoms with Crippen LogP contribution in [0.25, 0.3) is 10.9 Å². The second kappa shape index (κ2) is 3.38. The summed E-state index contributed by atoms with van der Waals surface area (Å²) < 4.78 is 0.804. The van der Waals surface area contributed by atoms with E-state index in [0.717, 1.165) is 4.47 Å². The molecule has 1 heterocycles. The van der Waals surface area contributed by atoms with Gasteiger partial charge >= 0.3 is 5.97 Å². The third kappa shape index (κ3) is 1.37. The van der Waals surface area contributed by atoms with Crippen molar-refractivity contribution < 1.29 is 9.90 Å². The molecule has 0 bridgehead atoms. The van der Waals surface area contributed by atoms with Gasteiger partial charge in [-0.05, 0) is 28.1 Å². The summed E-state index contributed by atoms with van der Waals surface area (Å²) in [6, 6.07) is 6.87. The van der Waals surface area contributed by atoms with Gasteiger partial charge in [0, 0.05) is 16.1 Å². The zero-order chi connectivity index (χ0) is 10.1. The molecule has 1 N–H and O–H groups in total. The maximum absolute atomic E-state index is 10.9. The number of aromatic carboxylic acids is 1. The van der Waals surface area contributed by atoms with Gasteiger partial charge in [0.05, 0.1) is 11.1 Å². The van der Waals surface area contributed by atoms with Crippen LogP contribution in [0.15, 0.2) is 34.9 Å². The van der Waals surface area contributed by atoms with Crippen LogP contribution >= 0.6 is 15.9 Å². The number of pyridine rings is 1. The second-order valence-corrected chi connectivity index (χ2v) is 3.65.